The number of nitrogens with zero attached hydrogens (tertiary/aromatic N) is 3. The van der Waals surface area contributed by atoms with Gasteiger partial charge in [-0.1, -0.05) is 12.1 Å². The van der Waals surface area contributed by atoms with Crippen LogP contribution in [0.2, 0.25) is 0 Å². The smallest absolute Gasteiger partial charge is 0.338 e. The summed E-state index contributed by atoms with van der Waals surface area (Å²) in [4.78, 5) is 43.7. The number of hydrogen-bond acceptors (Lipinski definition) is 5. The van der Waals surface area contributed by atoms with E-state index in [1.165, 1.54) is 4.90 Å². The molecule has 154 valence electrons. The highest BCUT2D eigenvalue weighted by atomic mass is 16.6. The number of fused-ring (bicyclic) bond motifs is 2. The first-order valence-corrected chi connectivity index (χ1v) is 9.87. The molecule has 2 aromatic carbocycles. The molecule has 2 amide bonds. The SMILES string of the molecule is CCn1c(CN2C(=O)c3ccccc3C2=O)nc2cc(C(=O)OC(C)(C)C)ccc21. The number of carbonyl (C=O) groups excluding carboxylic acids is 3. The molecule has 2 heterocycles. The van der Waals surface area contributed by atoms with E-state index in [9.17, 15) is 14.4 Å². The number of benzene rings is 2. The molecule has 7 nitrogen and oxygen atoms in total. The Kier molecular flexibility index (Phi) is 4.68. The summed E-state index contributed by atoms with van der Waals surface area (Å²) < 4.78 is 7.38. The van der Waals surface area contributed by atoms with Crippen molar-refractivity contribution in [2.45, 2.75) is 46.4 Å². The molecule has 1 aliphatic heterocycles. The summed E-state index contributed by atoms with van der Waals surface area (Å²) >= 11 is 0. The molecule has 0 unspecified atom stereocenters. The van der Waals surface area contributed by atoms with Gasteiger partial charge in [0.2, 0.25) is 0 Å². The fraction of sp³-hybridized carbons (Fsp3) is 0.304. The van der Waals surface area contributed by atoms with Gasteiger partial charge in [0, 0.05) is 6.54 Å². The summed E-state index contributed by atoms with van der Waals surface area (Å²) in [6.45, 7) is 8.09. The third kappa shape index (κ3) is 3.36. The van der Waals surface area contributed by atoms with Crippen LogP contribution in [0.25, 0.3) is 11.0 Å². The summed E-state index contributed by atoms with van der Waals surface area (Å²) in [5, 5.41) is 0. The van der Waals surface area contributed by atoms with Crippen molar-refractivity contribution in [3.05, 3.63) is 65.0 Å². The number of hydrogen-bond donors (Lipinski definition) is 0. The highest BCUT2D eigenvalue weighted by Crippen LogP contribution is 2.26. The lowest BCUT2D eigenvalue weighted by molar-refractivity contribution is 0.00693. The molecule has 0 saturated carbocycles. The third-order valence-electron chi connectivity index (χ3n) is 4.96. The van der Waals surface area contributed by atoms with Gasteiger partial charge in [-0.05, 0) is 58.0 Å². The summed E-state index contributed by atoms with van der Waals surface area (Å²) in [7, 11) is 0. The Morgan fingerprint density at radius 3 is 2.23 bits per heavy atom. The number of amides is 2. The van der Waals surface area contributed by atoms with E-state index < -0.39 is 11.6 Å². The lowest BCUT2D eigenvalue weighted by atomic mass is 10.1. The third-order valence-corrected chi connectivity index (χ3v) is 4.96. The van der Waals surface area contributed by atoms with E-state index in [2.05, 4.69) is 4.98 Å². The van der Waals surface area contributed by atoms with Crippen LogP contribution in [0.5, 0.6) is 0 Å². The molecule has 0 atom stereocenters. The Morgan fingerprint density at radius 2 is 1.67 bits per heavy atom. The minimum absolute atomic E-state index is 0.0661. The van der Waals surface area contributed by atoms with Crippen LogP contribution in [-0.2, 0) is 17.8 Å². The van der Waals surface area contributed by atoms with Crippen LogP contribution in [0.3, 0.4) is 0 Å². The highest BCUT2D eigenvalue weighted by molar-refractivity contribution is 6.21. The van der Waals surface area contributed by atoms with E-state index >= 15 is 0 Å². The normalized spacial score (nSPS) is 13.8. The number of esters is 1. The number of aromatic nitrogens is 2. The average molecular weight is 405 g/mol. The number of rotatable bonds is 4. The van der Waals surface area contributed by atoms with Gasteiger partial charge in [0.25, 0.3) is 11.8 Å². The molecule has 1 aliphatic rings. The number of ether oxygens (including phenoxy) is 1. The quantitative estimate of drug-likeness (QED) is 0.487. The molecule has 0 spiro atoms. The molecule has 0 saturated heterocycles. The number of imidazole rings is 1. The van der Waals surface area contributed by atoms with Gasteiger partial charge in [0.05, 0.1) is 34.3 Å². The van der Waals surface area contributed by atoms with Gasteiger partial charge in [-0.3, -0.25) is 14.5 Å². The number of carbonyl (C=O) groups is 3. The van der Waals surface area contributed by atoms with Crippen molar-refractivity contribution in [1.29, 1.82) is 0 Å². The fourth-order valence-corrected chi connectivity index (χ4v) is 3.64. The maximum absolute atomic E-state index is 12.7. The van der Waals surface area contributed by atoms with E-state index in [0.29, 0.717) is 34.6 Å². The molecule has 0 radical (unpaired) electrons. The second-order valence-electron chi connectivity index (χ2n) is 8.22. The zero-order valence-electron chi connectivity index (χ0n) is 17.4. The van der Waals surface area contributed by atoms with Crippen molar-refractivity contribution in [3.8, 4) is 0 Å². The van der Waals surface area contributed by atoms with Crippen molar-refractivity contribution in [3.63, 3.8) is 0 Å². The first-order chi connectivity index (χ1) is 14.2. The van der Waals surface area contributed by atoms with E-state index in [4.69, 9.17) is 4.74 Å². The van der Waals surface area contributed by atoms with E-state index in [1.54, 1.807) is 36.4 Å². The zero-order chi connectivity index (χ0) is 21.6. The summed E-state index contributed by atoms with van der Waals surface area (Å²) in [5.41, 5.74) is 2.09. The Morgan fingerprint density at radius 1 is 1.03 bits per heavy atom. The second kappa shape index (κ2) is 7.09. The summed E-state index contributed by atoms with van der Waals surface area (Å²) in [5.74, 6) is -0.472. The van der Waals surface area contributed by atoms with Crippen LogP contribution in [0.1, 0.15) is 64.6 Å². The van der Waals surface area contributed by atoms with Gasteiger partial charge in [-0.25, -0.2) is 9.78 Å². The minimum Gasteiger partial charge on any atom is -0.456 e. The van der Waals surface area contributed by atoms with Crippen LogP contribution in [0, 0.1) is 0 Å². The van der Waals surface area contributed by atoms with Gasteiger partial charge < -0.3 is 9.30 Å². The van der Waals surface area contributed by atoms with E-state index in [0.717, 1.165) is 5.52 Å². The van der Waals surface area contributed by atoms with Crippen LogP contribution < -0.4 is 0 Å². The first kappa shape index (κ1) is 19.8. The summed E-state index contributed by atoms with van der Waals surface area (Å²) in [6.07, 6.45) is 0. The van der Waals surface area contributed by atoms with Crippen molar-refractivity contribution in [1.82, 2.24) is 14.5 Å². The van der Waals surface area contributed by atoms with E-state index in [-0.39, 0.29) is 18.4 Å². The monoisotopic (exact) mass is 405 g/mol. The number of aryl methyl sites for hydroxylation is 1. The molecule has 0 fully saturated rings. The molecule has 0 aliphatic carbocycles. The van der Waals surface area contributed by atoms with Crippen LogP contribution in [-0.4, -0.2) is 37.8 Å². The van der Waals surface area contributed by atoms with Gasteiger partial charge in [-0.15, -0.1) is 0 Å². The average Bonchev–Trinajstić information content (AvgIpc) is 3.16. The van der Waals surface area contributed by atoms with Crippen molar-refractivity contribution in [2.75, 3.05) is 0 Å². The van der Waals surface area contributed by atoms with Crippen LogP contribution >= 0.6 is 0 Å². The largest absolute Gasteiger partial charge is 0.456 e. The fourth-order valence-electron chi connectivity index (χ4n) is 3.64. The van der Waals surface area contributed by atoms with Gasteiger partial charge in [0.15, 0.2) is 0 Å². The molecular formula is C23H23N3O4. The molecule has 3 aromatic rings. The lowest BCUT2D eigenvalue weighted by Gasteiger charge is -2.19. The van der Waals surface area contributed by atoms with Crippen molar-refractivity contribution in [2.24, 2.45) is 0 Å². The molecule has 4 rings (SSSR count). The Hall–Kier alpha value is -3.48. The first-order valence-electron chi connectivity index (χ1n) is 9.87. The second-order valence-corrected chi connectivity index (χ2v) is 8.22. The lowest BCUT2D eigenvalue weighted by Crippen LogP contribution is -2.30. The molecule has 7 heteroatoms. The Balaban J connectivity index is 1.68. The molecule has 0 bridgehead atoms. The van der Waals surface area contributed by atoms with Gasteiger partial charge in [0.1, 0.15) is 11.4 Å². The van der Waals surface area contributed by atoms with Gasteiger partial charge >= 0.3 is 5.97 Å². The molecular weight excluding hydrogens is 382 g/mol. The van der Waals surface area contributed by atoms with E-state index in [1.807, 2.05) is 38.3 Å². The van der Waals surface area contributed by atoms with Crippen molar-refractivity contribution < 1.29 is 19.1 Å². The Bertz CT molecular complexity index is 1150. The predicted octanol–water partition coefficient (Wildman–Crippen LogP) is 3.81. The van der Waals surface area contributed by atoms with Crippen LogP contribution in [0.15, 0.2) is 42.5 Å². The number of imide groups is 1. The summed E-state index contributed by atoms with van der Waals surface area (Å²) in [6, 6.07) is 12.0. The maximum Gasteiger partial charge on any atom is 0.338 e. The van der Waals surface area contributed by atoms with Crippen molar-refractivity contribution >= 4 is 28.8 Å². The van der Waals surface area contributed by atoms with Gasteiger partial charge in [-0.2, -0.15) is 0 Å². The standard InChI is InChI=1S/C23H23N3O4/c1-5-25-18-11-10-14(22(29)30-23(2,3)4)12-17(18)24-19(25)13-26-20(27)15-8-6-7-9-16(15)21(26)28/h6-12H,5,13H2,1-4H3. The topological polar surface area (TPSA) is 81.5 Å². The molecule has 30 heavy (non-hydrogen) atoms. The minimum atomic E-state index is -0.592. The molecule has 0 N–H and O–H groups in total. The predicted molar refractivity (Wildman–Crippen MR) is 111 cm³/mol. The zero-order valence-corrected chi connectivity index (χ0v) is 17.4. The Labute approximate surface area is 174 Å². The van der Waals surface area contributed by atoms with Crippen LogP contribution in [0.4, 0.5) is 0 Å². The maximum atomic E-state index is 12.7. The molecule has 1 aromatic heterocycles. The highest BCUT2D eigenvalue weighted by Gasteiger charge is 2.36.